The van der Waals surface area contributed by atoms with Crippen LogP contribution in [-0.2, 0) is 11.3 Å². The van der Waals surface area contributed by atoms with E-state index in [1.54, 1.807) is 18.2 Å². The van der Waals surface area contributed by atoms with Gasteiger partial charge in [0, 0.05) is 0 Å². The Morgan fingerprint density at radius 3 is 2.75 bits per heavy atom. The zero-order valence-electron chi connectivity index (χ0n) is 11.0. The maximum absolute atomic E-state index is 9.56. The molecule has 98 valence electrons. The average Bonchev–Trinajstić information content (AvgIpc) is 2.80. The number of rotatable bonds is 2. The van der Waals surface area contributed by atoms with Crippen LogP contribution in [0.2, 0.25) is 0 Å². The van der Waals surface area contributed by atoms with Crippen LogP contribution in [-0.4, -0.2) is 12.1 Å². The highest BCUT2D eigenvalue weighted by molar-refractivity contribution is 6.61. The van der Waals surface area contributed by atoms with Crippen LogP contribution >= 0.6 is 0 Å². The summed E-state index contributed by atoms with van der Waals surface area (Å²) in [4.78, 5) is 3.42. The van der Waals surface area contributed by atoms with E-state index in [4.69, 9.17) is 16.0 Å². The molecule has 0 fully saturated rings. The van der Waals surface area contributed by atoms with Gasteiger partial charge in [0.15, 0.2) is 5.69 Å². The average molecular weight is 265 g/mol. The van der Waals surface area contributed by atoms with Crippen molar-refractivity contribution in [2.24, 2.45) is 0 Å². The number of ether oxygens (including phenoxy) is 1. The molecule has 4 nitrogen and oxygen atoms in total. The Balaban J connectivity index is 1.85. The molecule has 5 heteroatoms. The third-order valence-electron chi connectivity index (χ3n) is 3.30. The first kappa shape index (κ1) is 12.7. The molecule has 2 aromatic carbocycles. The van der Waals surface area contributed by atoms with Crippen LogP contribution in [0.3, 0.4) is 0 Å². The van der Waals surface area contributed by atoms with Crippen LogP contribution in [0.1, 0.15) is 11.1 Å². The van der Waals surface area contributed by atoms with Crippen molar-refractivity contribution in [1.29, 1.82) is 0 Å². The van der Waals surface area contributed by atoms with E-state index in [2.05, 4.69) is 4.85 Å². The minimum Gasteiger partial charge on any atom is -0.457 e. The number of hydrogen-bond donors (Lipinski definition) is 1. The van der Waals surface area contributed by atoms with Gasteiger partial charge in [0.1, 0.15) is 11.5 Å². The summed E-state index contributed by atoms with van der Waals surface area (Å²) in [6.07, 6.45) is 0. The molecule has 0 atom stereocenters. The van der Waals surface area contributed by atoms with Crippen LogP contribution < -0.4 is 10.2 Å². The summed E-state index contributed by atoms with van der Waals surface area (Å²) in [6, 6.07) is 10.8. The molecule has 0 aromatic heterocycles. The third-order valence-corrected chi connectivity index (χ3v) is 3.30. The molecule has 2 aromatic rings. The predicted molar refractivity (Wildman–Crippen MR) is 76.4 cm³/mol. The zero-order valence-corrected chi connectivity index (χ0v) is 11.0. The maximum atomic E-state index is 9.56. The van der Waals surface area contributed by atoms with Crippen molar-refractivity contribution in [3.63, 3.8) is 0 Å². The Hall–Kier alpha value is -2.29. The molecule has 0 saturated carbocycles. The molecule has 1 aliphatic rings. The summed E-state index contributed by atoms with van der Waals surface area (Å²) in [7, 11) is -0.834. The molecule has 1 N–H and O–H groups in total. The van der Waals surface area contributed by atoms with Crippen molar-refractivity contribution in [3.05, 3.63) is 58.9 Å². The highest BCUT2D eigenvalue weighted by atomic mass is 16.5. The Bertz CT molecular complexity index is 709. The molecule has 0 aliphatic carbocycles. The van der Waals surface area contributed by atoms with E-state index in [0.717, 1.165) is 16.6 Å². The smallest absolute Gasteiger partial charge is 0.457 e. The predicted octanol–water partition coefficient (Wildman–Crippen LogP) is 2.56. The van der Waals surface area contributed by atoms with Gasteiger partial charge in [-0.25, -0.2) is 4.85 Å². The molecule has 1 aliphatic heterocycles. The van der Waals surface area contributed by atoms with Crippen molar-refractivity contribution < 1.29 is 14.4 Å². The van der Waals surface area contributed by atoms with Crippen molar-refractivity contribution in [2.75, 3.05) is 0 Å². The summed E-state index contributed by atoms with van der Waals surface area (Å²) in [5, 5.41) is 9.56. The first-order chi connectivity index (χ1) is 9.67. The quantitative estimate of drug-likeness (QED) is 0.670. The SMILES string of the molecule is [C-]#[N+]c1ccc(Oc2ccc3c(c2)COB3O)cc1C. The highest BCUT2D eigenvalue weighted by Crippen LogP contribution is 2.28. The molecule has 1 heterocycles. The molecular weight excluding hydrogens is 253 g/mol. The standard InChI is InChI=1S/C15H12BNO3/c1-10-7-12(4-6-15(10)17-2)20-13-3-5-14-11(8-13)9-19-16(14)18/h3-8,18H,9H2,1H3. The van der Waals surface area contributed by atoms with Crippen molar-refractivity contribution in [2.45, 2.75) is 13.5 Å². The fraction of sp³-hybridized carbons (Fsp3) is 0.133. The summed E-state index contributed by atoms with van der Waals surface area (Å²) < 4.78 is 10.9. The lowest BCUT2D eigenvalue weighted by Gasteiger charge is -2.08. The molecule has 20 heavy (non-hydrogen) atoms. The number of benzene rings is 2. The van der Waals surface area contributed by atoms with Gasteiger partial charge in [0.05, 0.1) is 13.2 Å². The molecule has 0 radical (unpaired) electrons. The lowest BCUT2D eigenvalue weighted by Crippen LogP contribution is -2.27. The van der Waals surface area contributed by atoms with Crippen LogP contribution in [0, 0.1) is 13.5 Å². The monoisotopic (exact) mass is 265 g/mol. The number of nitrogens with zero attached hydrogens (tertiary/aromatic N) is 1. The van der Waals surface area contributed by atoms with Gasteiger partial charge in [0.2, 0.25) is 0 Å². The number of aryl methyl sites for hydroxylation is 1. The van der Waals surface area contributed by atoms with Gasteiger partial charge in [-0.3, -0.25) is 0 Å². The van der Waals surface area contributed by atoms with Gasteiger partial charge in [0.25, 0.3) is 0 Å². The summed E-state index contributed by atoms with van der Waals surface area (Å²) >= 11 is 0. The molecule has 0 bridgehead atoms. The first-order valence-electron chi connectivity index (χ1n) is 6.26. The number of fused-ring (bicyclic) bond motifs is 1. The van der Waals surface area contributed by atoms with Gasteiger partial charge < -0.3 is 14.4 Å². The molecule has 0 amide bonds. The van der Waals surface area contributed by atoms with Crippen LogP contribution in [0.5, 0.6) is 11.5 Å². The number of hydrogen-bond acceptors (Lipinski definition) is 3. The summed E-state index contributed by atoms with van der Waals surface area (Å²) in [5.74, 6) is 1.38. The Morgan fingerprint density at radius 1 is 1.25 bits per heavy atom. The molecular formula is C15H12BNO3. The second-order valence-electron chi connectivity index (χ2n) is 4.69. The van der Waals surface area contributed by atoms with E-state index >= 15 is 0 Å². The largest absolute Gasteiger partial charge is 0.491 e. The third kappa shape index (κ3) is 2.27. The normalized spacial score (nSPS) is 12.9. The lowest BCUT2D eigenvalue weighted by molar-refractivity contribution is 0.275. The molecule has 0 saturated heterocycles. The van der Waals surface area contributed by atoms with Crippen molar-refractivity contribution >= 4 is 18.3 Å². The minimum absolute atomic E-state index is 0.392. The summed E-state index contributed by atoms with van der Waals surface area (Å²) in [6.45, 7) is 9.30. The molecule has 0 spiro atoms. The van der Waals surface area contributed by atoms with Gasteiger partial charge in [-0.1, -0.05) is 12.1 Å². The lowest BCUT2D eigenvalue weighted by atomic mass is 9.80. The second kappa shape index (κ2) is 5.01. The Labute approximate surface area is 117 Å². The van der Waals surface area contributed by atoms with Crippen molar-refractivity contribution in [1.82, 2.24) is 0 Å². The fourth-order valence-electron chi connectivity index (χ4n) is 2.22. The first-order valence-corrected chi connectivity index (χ1v) is 6.26. The van der Waals surface area contributed by atoms with Gasteiger partial charge in [-0.05, 0) is 47.8 Å². The molecule has 0 unspecified atom stereocenters. The fourth-order valence-corrected chi connectivity index (χ4v) is 2.22. The maximum Gasteiger partial charge on any atom is 0.491 e. The van der Waals surface area contributed by atoms with Gasteiger partial charge >= 0.3 is 7.12 Å². The zero-order chi connectivity index (χ0) is 14.1. The van der Waals surface area contributed by atoms with E-state index in [0.29, 0.717) is 23.8 Å². The van der Waals surface area contributed by atoms with E-state index in [9.17, 15) is 5.02 Å². The van der Waals surface area contributed by atoms with E-state index in [1.807, 2.05) is 25.1 Å². The minimum atomic E-state index is -0.834. The van der Waals surface area contributed by atoms with Crippen LogP contribution in [0.25, 0.3) is 4.85 Å². The second-order valence-corrected chi connectivity index (χ2v) is 4.69. The van der Waals surface area contributed by atoms with Gasteiger partial charge in [-0.15, -0.1) is 0 Å². The Morgan fingerprint density at radius 2 is 2.00 bits per heavy atom. The molecule has 3 rings (SSSR count). The van der Waals surface area contributed by atoms with Crippen LogP contribution in [0.15, 0.2) is 36.4 Å². The van der Waals surface area contributed by atoms with Gasteiger partial charge in [-0.2, -0.15) is 0 Å². The van der Waals surface area contributed by atoms with Crippen LogP contribution in [0.4, 0.5) is 5.69 Å². The highest BCUT2D eigenvalue weighted by Gasteiger charge is 2.27. The van der Waals surface area contributed by atoms with E-state index in [-0.39, 0.29) is 0 Å². The van der Waals surface area contributed by atoms with Crippen molar-refractivity contribution in [3.8, 4) is 11.5 Å². The Kier molecular flexibility index (Phi) is 3.19. The topological polar surface area (TPSA) is 43.0 Å². The van der Waals surface area contributed by atoms with E-state index in [1.165, 1.54) is 0 Å². The summed E-state index contributed by atoms with van der Waals surface area (Å²) in [5.41, 5.74) is 3.24. The van der Waals surface area contributed by atoms with E-state index < -0.39 is 7.12 Å².